The molecule has 0 spiro atoms. The molecule has 0 N–H and O–H groups in total. The first-order chi connectivity index (χ1) is 25.8. The van der Waals surface area contributed by atoms with E-state index in [9.17, 15) is 0 Å². The van der Waals surface area contributed by atoms with Gasteiger partial charge >= 0.3 is 0 Å². The van der Waals surface area contributed by atoms with Crippen molar-refractivity contribution in [2.75, 3.05) is 4.90 Å². The summed E-state index contributed by atoms with van der Waals surface area (Å²) >= 11 is 0. The highest BCUT2D eigenvalue weighted by Gasteiger charge is 2.24. The molecule has 0 fully saturated rings. The second kappa shape index (κ2) is 12.5. The SMILES string of the molecule is c1ccc(-c2ccc(-c3ccc(N(c4cccc(-c5ccccc5)c4)c4cccc5c4ccc4ccccc45)c4c3oc3ccccc34)cc2)cc1. The molecular weight excluding hydrogens is 631 g/mol. The molecule has 0 radical (unpaired) electrons. The van der Waals surface area contributed by atoms with Gasteiger partial charge in [0.1, 0.15) is 11.2 Å². The minimum absolute atomic E-state index is 0.869. The highest BCUT2D eigenvalue weighted by Crippen LogP contribution is 2.48. The van der Waals surface area contributed by atoms with E-state index in [4.69, 9.17) is 4.42 Å². The van der Waals surface area contributed by atoms with Crippen LogP contribution in [0.2, 0.25) is 0 Å². The summed E-state index contributed by atoms with van der Waals surface area (Å²) < 4.78 is 6.83. The van der Waals surface area contributed by atoms with Crippen LogP contribution in [0.3, 0.4) is 0 Å². The molecule has 0 unspecified atom stereocenters. The molecule has 1 aromatic heterocycles. The third kappa shape index (κ3) is 5.04. The van der Waals surface area contributed by atoms with Gasteiger partial charge in [-0.05, 0) is 80.4 Å². The van der Waals surface area contributed by atoms with Gasteiger partial charge in [-0.2, -0.15) is 0 Å². The molecule has 2 nitrogen and oxygen atoms in total. The summed E-state index contributed by atoms with van der Waals surface area (Å²) in [6.07, 6.45) is 0. The van der Waals surface area contributed by atoms with Crippen molar-refractivity contribution in [3.8, 4) is 33.4 Å². The first kappa shape index (κ1) is 30.0. The van der Waals surface area contributed by atoms with Gasteiger partial charge in [0.25, 0.3) is 0 Å². The lowest BCUT2D eigenvalue weighted by Gasteiger charge is -2.28. The van der Waals surface area contributed by atoms with Gasteiger partial charge in [0.15, 0.2) is 0 Å². The van der Waals surface area contributed by atoms with E-state index < -0.39 is 0 Å². The lowest BCUT2D eigenvalue weighted by Crippen LogP contribution is -2.11. The summed E-state index contributed by atoms with van der Waals surface area (Å²) in [5.74, 6) is 0. The van der Waals surface area contributed by atoms with Gasteiger partial charge in [0.05, 0.1) is 16.8 Å². The Hall–Kier alpha value is -6.90. The Morgan fingerprint density at radius 1 is 0.346 bits per heavy atom. The lowest BCUT2D eigenvalue weighted by atomic mass is 9.96. The van der Waals surface area contributed by atoms with Gasteiger partial charge in [-0.3, -0.25) is 0 Å². The minimum Gasteiger partial charge on any atom is -0.455 e. The summed E-state index contributed by atoms with van der Waals surface area (Å²) in [4.78, 5) is 2.43. The zero-order valence-electron chi connectivity index (χ0n) is 28.4. The number of hydrogen-bond acceptors (Lipinski definition) is 2. The van der Waals surface area contributed by atoms with Crippen molar-refractivity contribution in [1.82, 2.24) is 0 Å². The molecule has 0 saturated carbocycles. The summed E-state index contributed by atoms with van der Waals surface area (Å²) in [5.41, 5.74) is 11.9. The van der Waals surface area contributed by atoms with Crippen LogP contribution in [0.4, 0.5) is 17.1 Å². The predicted molar refractivity (Wildman–Crippen MR) is 220 cm³/mol. The van der Waals surface area contributed by atoms with E-state index in [2.05, 4.69) is 205 Å². The van der Waals surface area contributed by atoms with Crippen LogP contribution < -0.4 is 4.90 Å². The normalized spacial score (nSPS) is 11.5. The second-order valence-electron chi connectivity index (χ2n) is 13.3. The van der Waals surface area contributed by atoms with Gasteiger partial charge in [-0.25, -0.2) is 0 Å². The fourth-order valence-electron chi connectivity index (χ4n) is 7.78. The summed E-state index contributed by atoms with van der Waals surface area (Å²) in [6, 6.07) is 71.6. The summed E-state index contributed by atoms with van der Waals surface area (Å²) in [6.45, 7) is 0. The maximum absolute atomic E-state index is 6.83. The number of benzene rings is 9. The Bertz CT molecular complexity index is 2890. The largest absolute Gasteiger partial charge is 0.455 e. The van der Waals surface area contributed by atoms with Gasteiger partial charge in [-0.15, -0.1) is 0 Å². The first-order valence-electron chi connectivity index (χ1n) is 17.8. The molecule has 1 heterocycles. The van der Waals surface area contributed by atoms with E-state index >= 15 is 0 Å². The number of fused-ring (bicyclic) bond motifs is 6. The number of nitrogens with zero attached hydrogens (tertiary/aromatic N) is 1. The van der Waals surface area contributed by atoms with Crippen LogP contribution >= 0.6 is 0 Å². The molecule has 52 heavy (non-hydrogen) atoms. The smallest absolute Gasteiger partial charge is 0.145 e. The molecular formula is C50H33NO. The van der Waals surface area contributed by atoms with E-state index in [-0.39, 0.29) is 0 Å². The van der Waals surface area contributed by atoms with Crippen LogP contribution in [0.1, 0.15) is 0 Å². The van der Waals surface area contributed by atoms with E-state index in [1.807, 2.05) is 0 Å². The summed E-state index contributed by atoms with van der Waals surface area (Å²) in [5, 5.41) is 7.06. The predicted octanol–water partition coefficient (Wildman–Crippen LogP) is 14.4. The van der Waals surface area contributed by atoms with Gasteiger partial charge in [-0.1, -0.05) is 164 Å². The Morgan fingerprint density at radius 2 is 0.962 bits per heavy atom. The van der Waals surface area contributed by atoms with Crippen LogP contribution in [0.15, 0.2) is 205 Å². The molecule has 10 rings (SSSR count). The Kier molecular flexibility index (Phi) is 7.18. The minimum atomic E-state index is 0.869. The molecule has 0 aliphatic heterocycles. The van der Waals surface area contributed by atoms with E-state index in [1.165, 1.54) is 38.2 Å². The molecule has 0 atom stereocenters. The number of furan rings is 1. The van der Waals surface area contributed by atoms with E-state index in [0.29, 0.717) is 0 Å². The maximum atomic E-state index is 6.83. The fourth-order valence-corrected chi connectivity index (χ4v) is 7.78. The quantitative estimate of drug-likeness (QED) is 0.165. The maximum Gasteiger partial charge on any atom is 0.145 e. The number of hydrogen-bond donors (Lipinski definition) is 0. The third-order valence-electron chi connectivity index (χ3n) is 10.3. The van der Waals surface area contributed by atoms with Gasteiger partial charge < -0.3 is 9.32 Å². The topological polar surface area (TPSA) is 16.4 Å². The number of anilines is 3. The van der Waals surface area contributed by atoms with Crippen molar-refractivity contribution in [1.29, 1.82) is 0 Å². The van der Waals surface area contributed by atoms with Gasteiger partial charge in [0.2, 0.25) is 0 Å². The Labute approximate surface area is 302 Å². The standard InChI is InChI=1S/C50H33NO/c1-3-13-34(14-4-1)36-25-27-38(28-26-36)42-31-32-47(49-45-21-9-10-24-48(45)52-50(42)49)51(40-19-11-18-39(33-40)35-15-5-2-6-16-35)46-23-12-22-43-41-20-8-7-17-37(41)29-30-44(43)46/h1-33H. The highest BCUT2D eigenvalue weighted by molar-refractivity contribution is 6.19. The molecule has 2 heteroatoms. The molecule has 0 bridgehead atoms. The van der Waals surface area contributed by atoms with Crippen LogP contribution in [-0.4, -0.2) is 0 Å². The second-order valence-corrected chi connectivity index (χ2v) is 13.3. The van der Waals surface area contributed by atoms with E-state index in [1.54, 1.807) is 0 Å². The van der Waals surface area contributed by atoms with Crippen LogP contribution in [0.25, 0.3) is 76.9 Å². The summed E-state index contributed by atoms with van der Waals surface area (Å²) in [7, 11) is 0. The first-order valence-corrected chi connectivity index (χ1v) is 17.8. The molecule has 244 valence electrons. The zero-order valence-corrected chi connectivity index (χ0v) is 28.4. The highest BCUT2D eigenvalue weighted by atomic mass is 16.3. The van der Waals surface area contributed by atoms with Crippen molar-refractivity contribution in [3.05, 3.63) is 200 Å². The van der Waals surface area contributed by atoms with Crippen molar-refractivity contribution < 1.29 is 4.42 Å². The fraction of sp³-hybridized carbons (Fsp3) is 0. The van der Waals surface area contributed by atoms with Gasteiger partial charge in [0, 0.05) is 22.0 Å². The van der Waals surface area contributed by atoms with Crippen LogP contribution in [0.5, 0.6) is 0 Å². The van der Waals surface area contributed by atoms with Crippen LogP contribution in [0, 0.1) is 0 Å². The molecule has 0 aliphatic rings. The molecule has 0 aliphatic carbocycles. The molecule has 0 amide bonds. The van der Waals surface area contributed by atoms with Crippen molar-refractivity contribution in [2.24, 2.45) is 0 Å². The average molecular weight is 664 g/mol. The Morgan fingerprint density at radius 3 is 1.77 bits per heavy atom. The number of para-hydroxylation sites is 1. The molecule has 9 aromatic carbocycles. The monoisotopic (exact) mass is 663 g/mol. The zero-order chi connectivity index (χ0) is 34.4. The number of rotatable bonds is 6. The van der Waals surface area contributed by atoms with Crippen molar-refractivity contribution in [3.63, 3.8) is 0 Å². The lowest BCUT2D eigenvalue weighted by molar-refractivity contribution is 0.670. The van der Waals surface area contributed by atoms with E-state index in [0.717, 1.165) is 55.7 Å². The Balaban J connectivity index is 1.24. The molecule has 0 saturated heterocycles. The van der Waals surface area contributed by atoms with Crippen molar-refractivity contribution >= 4 is 60.5 Å². The van der Waals surface area contributed by atoms with Crippen molar-refractivity contribution in [2.45, 2.75) is 0 Å². The van der Waals surface area contributed by atoms with Crippen LogP contribution in [-0.2, 0) is 0 Å². The average Bonchev–Trinajstić information content (AvgIpc) is 3.62. The molecule has 10 aromatic rings. The third-order valence-corrected chi connectivity index (χ3v) is 10.3.